The first kappa shape index (κ1) is 16.7. The molecule has 5 nitrogen and oxygen atoms in total. The van der Waals surface area contributed by atoms with E-state index >= 15 is 0 Å². The van der Waals surface area contributed by atoms with Gasteiger partial charge in [0.25, 0.3) is 0 Å². The van der Waals surface area contributed by atoms with E-state index in [0.29, 0.717) is 29.7 Å². The average molecular weight is 337 g/mol. The van der Waals surface area contributed by atoms with E-state index in [1.807, 2.05) is 6.07 Å². The molecule has 2 N–H and O–H groups in total. The molecule has 25 heavy (non-hydrogen) atoms. The van der Waals surface area contributed by atoms with Gasteiger partial charge in [-0.05, 0) is 43.2 Å². The Morgan fingerprint density at radius 3 is 2.36 bits per heavy atom. The first-order chi connectivity index (χ1) is 12.0. The lowest BCUT2D eigenvalue weighted by Crippen LogP contribution is -2.39. The summed E-state index contributed by atoms with van der Waals surface area (Å²) in [7, 11) is 0. The molecule has 1 saturated carbocycles. The van der Waals surface area contributed by atoms with Crippen LogP contribution in [0.25, 0.3) is 0 Å². The van der Waals surface area contributed by atoms with Crippen molar-refractivity contribution < 1.29 is 14.0 Å². The molecule has 0 aromatic heterocycles. The molecule has 0 aliphatic heterocycles. The molecule has 0 unspecified atom stereocenters. The molecule has 2 amide bonds. The number of rotatable bonds is 5. The number of nitrogens with zero attached hydrogens (tertiary/aromatic N) is 1. The standard InChI is InChI=1S/C19H16FN3O2/c20-16-4-2-1-3-14(16)12-22-17(24)19(9-10-19)18(25)23-15-7-5-13(11-21)6-8-15/h1-8H,9-10,12H2,(H,22,24)(H,23,25). The first-order valence-electron chi connectivity index (χ1n) is 7.88. The smallest absolute Gasteiger partial charge is 0.240 e. The third kappa shape index (κ3) is 3.50. The molecule has 0 atom stereocenters. The summed E-state index contributed by atoms with van der Waals surface area (Å²) in [6, 6.07) is 14.6. The summed E-state index contributed by atoms with van der Waals surface area (Å²) in [5, 5.41) is 14.1. The zero-order valence-electron chi connectivity index (χ0n) is 13.4. The average Bonchev–Trinajstić information content (AvgIpc) is 3.43. The van der Waals surface area contributed by atoms with E-state index in [9.17, 15) is 14.0 Å². The van der Waals surface area contributed by atoms with Gasteiger partial charge in [-0.3, -0.25) is 9.59 Å². The number of halogens is 1. The molecule has 1 fully saturated rings. The summed E-state index contributed by atoms with van der Waals surface area (Å²) in [6.07, 6.45) is 0.913. The molecule has 2 aromatic carbocycles. The quantitative estimate of drug-likeness (QED) is 0.823. The second kappa shape index (κ2) is 6.73. The van der Waals surface area contributed by atoms with Crippen molar-refractivity contribution in [1.82, 2.24) is 5.32 Å². The maximum Gasteiger partial charge on any atom is 0.240 e. The highest BCUT2D eigenvalue weighted by Gasteiger charge is 2.56. The molecular formula is C19H16FN3O2. The van der Waals surface area contributed by atoms with Crippen molar-refractivity contribution in [3.8, 4) is 6.07 Å². The second-order valence-electron chi connectivity index (χ2n) is 6.00. The van der Waals surface area contributed by atoms with Crippen LogP contribution in [0, 0.1) is 22.6 Å². The van der Waals surface area contributed by atoms with Crippen molar-refractivity contribution in [2.24, 2.45) is 5.41 Å². The van der Waals surface area contributed by atoms with Crippen molar-refractivity contribution in [3.63, 3.8) is 0 Å². The zero-order chi connectivity index (χ0) is 17.9. The summed E-state index contributed by atoms with van der Waals surface area (Å²) in [5.41, 5.74) is 0.289. The van der Waals surface area contributed by atoms with Gasteiger partial charge < -0.3 is 10.6 Å². The summed E-state index contributed by atoms with van der Waals surface area (Å²) < 4.78 is 13.6. The van der Waals surface area contributed by atoms with E-state index in [0.717, 1.165) is 0 Å². The highest BCUT2D eigenvalue weighted by Crippen LogP contribution is 2.46. The lowest BCUT2D eigenvalue weighted by molar-refractivity contribution is -0.134. The van der Waals surface area contributed by atoms with Gasteiger partial charge >= 0.3 is 0 Å². The molecule has 0 radical (unpaired) electrons. The minimum absolute atomic E-state index is 0.0391. The number of hydrogen-bond donors (Lipinski definition) is 2. The van der Waals surface area contributed by atoms with Crippen LogP contribution in [-0.4, -0.2) is 11.8 Å². The van der Waals surface area contributed by atoms with Gasteiger partial charge in [0.05, 0.1) is 11.6 Å². The Hall–Kier alpha value is -3.20. The number of hydrogen-bond acceptors (Lipinski definition) is 3. The van der Waals surface area contributed by atoms with Crippen molar-refractivity contribution in [2.75, 3.05) is 5.32 Å². The highest BCUT2D eigenvalue weighted by atomic mass is 19.1. The van der Waals surface area contributed by atoms with Crippen molar-refractivity contribution in [3.05, 3.63) is 65.5 Å². The minimum atomic E-state index is -1.10. The first-order valence-corrected chi connectivity index (χ1v) is 7.88. The number of carbonyl (C=O) groups is 2. The fourth-order valence-electron chi connectivity index (χ4n) is 2.55. The second-order valence-corrected chi connectivity index (χ2v) is 6.00. The van der Waals surface area contributed by atoms with Gasteiger partial charge in [0.2, 0.25) is 11.8 Å². The summed E-state index contributed by atoms with van der Waals surface area (Å²) >= 11 is 0. The topological polar surface area (TPSA) is 82.0 Å². The third-order valence-electron chi connectivity index (χ3n) is 4.29. The number of anilines is 1. The van der Waals surface area contributed by atoms with Gasteiger partial charge in [-0.15, -0.1) is 0 Å². The van der Waals surface area contributed by atoms with Gasteiger partial charge in [0.1, 0.15) is 11.2 Å². The normalized spacial score (nSPS) is 14.2. The van der Waals surface area contributed by atoms with E-state index in [1.54, 1.807) is 42.5 Å². The van der Waals surface area contributed by atoms with E-state index < -0.39 is 17.1 Å². The van der Waals surface area contributed by atoms with Gasteiger partial charge in [-0.25, -0.2) is 4.39 Å². The Kier molecular flexibility index (Phi) is 4.48. The maximum atomic E-state index is 13.6. The molecule has 2 aromatic rings. The van der Waals surface area contributed by atoms with Crippen LogP contribution in [0.5, 0.6) is 0 Å². The number of nitriles is 1. The van der Waals surface area contributed by atoms with Crippen molar-refractivity contribution in [1.29, 1.82) is 5.26 Å². The molecule has 0 saturated heterocycles. The predicted octanol–water partition coefficient (Wildman–Crippen LogP) is 2.73. The molecule has 126 valence electrons. The van der Waals surface area contributed by atoms with E-state index in [-0.39, 0.29) is 12.5 Å². The number of amides is 2. The lowest BCUT2D eigenvalue weighted by Gasteiger charge is -2.15. The molecule has 1 aliphatic carbocycles. The molecule has 6 heteroatoms. The van der Waals surface area contributed by atoms with Crippen LogP contribution < -0.4 is 10.6 Å². The Balaban J connectivity index is 1.62. The Morgan fingerprint density at radius 2 is 1.76 bits per heavy atom. The van der Waals surface area contributed by atoms with Crippen LogP contribution in [0.4, 0.5) is 10.1 Å². The third-order valence-corrected chi connectivity index (χ3v) is 4.29. The van der Waals surface area contributed by atoms with Crippen LogP contribution in [0.2, 0.25) is 0 Å². The van der Waals surface area contributed by atoms with Gasteiger partial charge in [-0.2, -0.15) is 5.26 Å². The summed E-state index contributed by atoms with van der Waals surface area (Å²) in [5.74, 6) is -1.18. The number of nitrogens with one attached hydrogen (secondary N) is 2. The molecule has 3 rings (SSSR count). The fourth-order valence-corrected chi connectivity index (χ4v) is 2.55. The highest BCUT2D eigenvalue weighted by molar-refractivity contribution is 6.13. The fraction of sp³-hybridized carbons (Fsp3) is 0.211. The summed E-state index contributed by atoms with van der Waals surface area (Å²) in [6.45, 7) is 0.0391. The Morgan fingerprint density at radius 1 is 1.08 bits per heavy atom. The molecular weight excluding hydrogens is 321 g/mol. The Labute approximate surface area is 144 Å². The zero-order valence-corrected chi connectivity index (χ0v) is 13.4. The molecule has 0 heterocycles. The van der Waals surface area contributed by atoms with Gasteiger partial charge in [-0.1, -0.05) is 18.2 Å². The molecule has 1 aliphatic rings. The van der Waals surface area contributed by atoms with E-state index in [1.165, 1.54) is 6.07 Å². The van der Waals surface area contributed by atoms with E-state index in [4.69, 9.17) is 5.26 Å². The van der Waals surface area contributed by atoms with Gasteiger partial charge in [0.15, 0.2) is 0 Å². The molecule has 0 bridgehead atoms. The monoisotopic (exact) mass is 337 g/mol. The van der Waals surface area contributed by atoms with Crippen LogP contribution in [-0.2, 0) is 16.1 Å². The maximum absolute atomic E-state index is 13.6. The van der Waals surface area contributed by atoms with Crippen LogP contribution in [0.3, 0.4) is 0 Å². The van der Waals surface area contributed by atoms with Crippen LogP contribution >= 0.6 is 0 Å². The van der Waals surface area contributed by atoms with Gasteiger partial charge in [0, 0.05) is 17.8 Å². The SMILES string of the molecule is N#Cc1ccc(NC(=O)C2(C(=O)NCc3ccccc3F)CC2)cc1. The molecule has 0 spiro atoms. The van der Waals surface area contributed by atoms with Crippen LogP contribution in [0.15, 0.2) is 48.5 Å². The Bertz CT molecular complexity index is 852. The van der Waals surface area contributed by atoms with Crippen molar-refractivity contribution >= 4 is 17.5 Å². The summed E-state index contributed by atoms with van der Waals surface area (Å²) in [4.78, 5) is 24.9. The van der Waals surface area contributed by atoms with E-state index in [2.05, 4.69) is 10.6 Å². The minimum Gasteiger partial charge on any atom is -0.351 e. The number of carbonyl (C=O) groups excluding carboxylic acids is 2. The lowest BCUT2D eigenvalue weighted by atomic mass is 10.0. The number of benzene rings is 2. The largest absolute Gasteiger partial charge is 0.351 e. The van der Waals surface area contributed by atoms with Crippen LogP contribution in [0.1, 0.15) is 24.0 Å². The predicted molar refractivity (Wildman–Crippen MR) is 89.7 cm³/mol. The van der Waals surface area contributed by atoms with Crippen molar-refractivity contribution in [2.45, 2.75) is 19.4 Å².